The van der Waals surface area contributed by atoms with Gasteiger partial charge in [-0.05, 0) is 61.9 Å². The average molecular weight is 412 g/mol. The second-order valence-electron chi connectivity index (χ2n) is 6.10. The number of carbonyl (C=O) groups excluding carboxylic acids is 1. The maximum absolute atomic E-state index is 13.1. The van der Waals surface area contributed by atoms with Gasteiger partial charge in [-0.2, -0.15) is 0 Å². The Kier molecular flexibility index (Phi) is 6.61. The van der Waals surface area contributed by atoms with Crippen LogP contribution in [-0.4, -0.2) is 24.6 Å². The van der Waals surface area contributed by atoms with Crippen LogP contribution in [0.1, 0.15) is 17.4 Å². The maximum atomic E-state index is 13.1. The molecule has 0 radical (unpaired) electrons. The van der Waals surface area contributed by atoms with Crippen molar-refractivity contribution in [3.05, 3.63) is 64.8 Å². The van der Waals surface area contributed by atoms with Crippen LogP contribution < -0.4 is 14.8 Å². The van der Waals surface area contributed by atoms with Crippen molar-refractivity contribution >= 4 is 28.5 Å². The van der Waals surface area contributed by atoms with Crippen molar-refractivity contribution in [3.63, 3.8) is 0 Å². The normalized spacial score (nSPS) is 10.9. The van der Waals surface area contributed by atoms with Crippen LogP contribution in [0.15, 0.2) is 48.5 Å². The number of aromatic nitrogens is 1. The van der Waals surface area contributed by atoms with Crippen molar-refractivity contribution in [2.75, 3.05) is 19.0 Å². The highest BCUT2D eigenvalue weighted by atomic mass is 32.1. The molecule has 0 saturated carbocycles. The first-order chi connectivity index (χ1) is 14.0. The number of hydrogen-bond acceptors (Lipinski definition) is 5. The highest BCUT2D eigenvalue weighted by molar-refractivity contribution is 7.16. The molecule has 7 heteroatoms. The van der Waals surface area contributed by atoms with Gasteiger partial charge in [-0.1, -0.05) is 6.07 Å². The van der Waals surface area contributed by atoms with Crippen LogP contribution in [0, 0.1) is 12.7 Å². The molecule has 29 heavy (non-hydrogen) atoms. The zero-order valence-corrected chi connectivity index (χ0v) is 17.2. The Bertz CT molecular complexity index is 1030. The molecule has 0 unspecified atom stereocenters. The summed E-state index contributed by atoms with van der Waals surface area (Å²) >= 11 is 1.37. The summed E-state index contributed by atoms with van der Waals surface area (Å²) in [5, 5.41) is 3.25. The number of rotatable bonds is 7. The van der Waals surface area contributed by atoms with E-state index >= 15 is 0 Å². The van der Waals surface area contributed by atoms with E-state index in [4.69, 9.17) is 9.47 Å². The molecular weight excluding hydrogens is 391 g/mol. The Labute approximate surface area is 172 Å². The fourth-order valence-electron chi connectivity index (χ4n) is 2.71. The lowest BCUT2D eigenvalue weighted by Gasteiger charge is -2.09. The van der Waals surface area contributed by atoms with Gasteiger partial charge in [-0.3, -0.25) is 10.1 Å². The molecule has 0 aliphatic rings. The minimum absolute atomic E-state index is 0.294. The minimum Gasteiger partial charge on any atom is -0.493 e. The van der Waals surface area contributed by atoms with Crippen molar-refractivity contribution in [3.8, 4) is 22.8 Å². The van der Waals surface area contributed by atoms with Gasteiger partial charge in [0, 0.05) is 16.5 Å². The minimum atomic E-state index is -0.300. The Morgan fingerprint density at radius 2 is 1.97 bits per heavy atom. The summed E-state index contributed by atoms with van der Waals surface area (Å²) in [6, 6.07) is 11.6. The first-order valence-corrected chi connectivity index (χ1v) is 9.85. The van der Waals surface area contributed by atoms with Gasteiger partial charge < -0.3 is 9.47 Å². The topological polar surface area (TPSA) is 60.5 Å². The van der Waals surface area contributed by atoms with E-state index in [1.165, 1.54) is 29.5 Å². The summed E-state index contributed by atoms with van der Waals surface area (Å²) in [5.74, 6) is 0.667. The van der Waals surface area contributed by atoms with Crippen molar-refractivity contribution in [2.45, 2.75) is 13.8 Å². The van der Waals surface area contributed by atoms with E-state index < -0.39 is 0 Å². The number of thiazole rings is 1. The number of anilines is 1. The summed E-state index contributed by atoms with van der Waals surface area (Å²) in [6.45, 7) is 4.36. The Morgan fingerprint density at radius 1 is 1.21 bits per heavy atom. The molecule has 3 aromatic rings. The number of ether oxygens (including phenoxy) is 2. The van der Waals surface area contributed by atoms with Crippen LogP contribution in [-0.2, 0) is 4.79 Å². The predicted molar refractivity (Wildman–Crippen MR) is 114 cm³/mol. The van der Waals surface area contributed by atoms with Crippen LogP contribution >= 0.6 is 11.3 Å². The Hall–Kier alpha value is -3.19. The fourth-order valence-corrected chi connectivity index (χ4v) is 3.55. The highest BCUT2D eigenvalue weighted by Gasteiger charge is 2.11. The van der Waals surface area contributed by atoms with Crippen molar-refractivity contribution in [1.29, 1.82) is 0 Å². The Balaban J connectivity index is 1.69. The summed E-state index contributed by atoms with van der Waals surface area (Å²) in [4.78, 5) is 17.7. The van der Waals surface area contributed by atoms with Crippen LogP contribution in [0.25, 0.3) is 17.3 Å². The summed E-state index contributed by atoms with van der Waals surface area (Å²) in [6.07, 6.45) is 3.12. The van der Waals surface area contributed by atoms with Gasteiger partial charge in [0.1, 0.15) is 5.82 Å². The van der Waals surface area contributed by atoms with Crippen molar-refractivity contribution in [2.24, 2.45) is 0 Å². The average Bonchev–Trinajstić information content (AvgIpc) is 3.07. The largest absolute Gasteiger partial charge is 0.493 e. The lowest BCUT2D eigenvalue weighted by molar-refractivity contribution is -0.111. The third kappa shape index (κ3) is 5.20. The van der Waals surface area contributed by atoms with Gasteiger partial charge in [0.05, 0.1) is 19.4 Å². The summed E-state index contributed by atoms with van der Waals surface area (Å²) in [7, 11) is 1.57. The number of halogens is 1. The smallest absolute Gasteiger partial charge is 0.250 e. The van der Waals surface area contributed by atoms with Crippen LogP contribution in [0.4, 0.5) is 9.52 Å². The van der Waals surface area contributed by atoms with E-state index in [0.29, 0.717) is 23.2 Å². The molecule has 0 atom stereocenters. The number of aryl methyl sites for hydroxylation is 1. The second-order valence-corrected chi connectivity index (χ2v) is 7.30. The molecule has 5 nitrogen and oxygen atoms in total. The third-order valence-corrected chi connectivity index (χ3v) is 4.95. The van der Waals surface area contributed by atoms with Gasteiger partial charge in [0.2, 0.25) is 5.91 Å². The molecule has 1 N–H and O–H groups in total. The number of nitrogens with zero attached hydrogens (tertiary/aromatic N) is 1. The maximum Gasteiger partial charge on any atom is 0.250 e. The van der Waals surface area contributed by atoms with E-state index in [1.54, 1.807) is 37.5 Å². The molecule has 1 heterocycles. The lowest BCUT2D eigenvalue weighted by Crippen LogP contribution is -2.07. The van der Waals surface area contributed by atoms with E-state index in [9.17, 15) is 9.18 Å². The lowest BCUT2D eigenvalue weighted by atomic mass is 10.1. The molecule has 0 fully saturated rings. The van der Waals surface area contributed by atoms with E-state index in [2.05, 4.69) is 10.3 Å². The number of amides is 1. The van der Waals surface area contributed by atoms with Crippen LogP contribution in [0.3, 0.4) is 0 Å². The number of carbonyl (C=O) groups is 1. The molecule has 0 aliphatic carbocycles. The van der Waals surface area contributed by atoms with E-state index in [-0.39, 0.29) is 11.7 Å². The number of benzene rings is 2. The summed E-state index contributed by atoms with van der Waals surface area (Å²) in [5.41, 5.74) is 2.34. The van der Waals surface area contributed by atoms with Gasteiger partial charge in [0.25, 0.3) is 0 Å². The van der Waals surface area contributed by atoms with Crippen molar-refractivity contribution < 1.29 is 18.7 Å². The molecule has 0 bridgehead atoms. The van der Waals surface area contributed by atoms with Crippen LogP contribution in [0.5, 0.6) is 11.5 Å². The molecule has 2 aromatic carbocycles. The van der Waals surface area contributed by atoms with Crippen LogP contribution in [0.2, 0.25) is 0 Å². The Morgan fingerprint density at radius 3 is 2.66 bits per heavy atom. The molecule has 150 valence electrons. The third-order valence-electron chi connectivity index (χ3n) is 4.06. The predicted octanol–water partition coefficient (Wildman–Crippen LogP) is 5.32. The zero-order chi connectivity index (χ0) is 20.8. The molecule has 0 saturated heterocycles. The highest BCUT2D eigenvalue weighted by Crippen LogP contribution is 2.31. The van der Waals surface area contributed by atoms with Gasteiger partial charge in [-0.15, -0.1) is 11.3 Å². The van der Waals surface area contributed by atoms with Gasteiger partial charge in [-0.25, -0.2) is 9.37 Å². The molecule has 0 spiro atoms. The first kappa shape index (κ1) is 20.5. The van der Waals surface area contributed by atoms with Gasteiger partial charge in [0.15, 0.2) is 16.6 Å². The SMILES string of the molecule is CCOc1ccc(/C=C/C(=O)Nc2nc(-c3ccc(F)cc3)c(C)s2)cc1OC. The number of hydrogen-bond donors (Lipinski definition) is 1. The summed E-state index contributed by atoms with van der Waals surface area (Å²) < 4.78 is 23.9. The number of methoxy groups -OCH3 is 1. The number of nitrogens with one attached hydrogen (secondary N) is 1. The molecule has 1 amide bonds. The molecule has 3 rings (SSSR count). The second kappa shape index (κ2) is 9.34. The van der Waals surface area contributed by atoms with Crippen molar-refractivity contribution in [1.82, 2.24) is 4.98 Å². The van der Waals surface area contributed by atoms with Gasteiger partial charge >= 0.3 is 0 Å². The molecule has 0 aliphatic heterocycles. The molecule has 1 aromatic heterocycles. The fraction of sp³-hybridized carbons (Fsp3) is 0.182. The standard InChI is InChI=1S/C22H21FN2O3S/c1-4-28-18-11-5-15(13-19(18)27-3)6-12-20(26)24-22-25-21(14(2)29-22)16-7-9-17(23)10-8-16/h5-13H,4H2,1-3H3,(H,24,25,26)/b12-6+. The zero-order valence-electron chi connectivity index (χ0n) is 16.4. The monoisotopic (exact) mass is 412 g/mol. The molecular formula is C22H21FN2O3S. The van der Waals surface area contributed by atoms with E-state index in [0.717, 1.165) is 21.7 Å². The van der Waals surface area contributed by atoms with E-state index in [1.807, 2.05) is 19.9 Å². The quantitative estimate of drug-likeness (QED) is 0.534. The first-order valence-electron chi connectivity index (χ1n) is 9.03.